The molecule has 0 saturated carbocycles. The third kappa shape index (κ3) is 4.37. The minimum Gasteiger partial charge on any atom is -0.309 e. The predicted octanol–water partition coefficient (Wildman–Crippen LogP) is 12.0. The number of para-hydroxylation sites is 2. The van der Waals surface area contributed by atoms with Gasteiger partial charge in [-0.25, -0.2) is 9.97 Å². The van der Waals surface area contributed by atoms with Gasteiger partial charge < -0.3 is 4.57 Å². The molecule has 2 aromatic heterocycles. The fourth-order valence-corrected chi connectivity index (χ4v) is 7.61. The summed E-state index contributed by atoms with van der Waals surface area (Å²) in [5.41, 5.74) is 8.44. The molecule has 0 aliphatic heterocycles. The first-order valence-electron chi connectivity index (χ1n) is 16.7. The van der Waals surface area contributed by atoms with Gasteiger partial charge in [-0.3, -0.25) is 0 Å². The van der Waals surface area contributed by atoms with Crippen LogP contribution in [-0.2, 0) is 0 Å². The fraction of sp³-hybridized carbons (Fsp3) is 0. The average Bonchev–Trinajstić information content (AvgIpc) is 3.52. The van der Waals surface area contributed by atoms with Crippen molar-refractivity contribution in [1.29, 1.82) is 0 Å². The summed E-state index contributed by atoms with van der Waals surface area (Å²) in [6, 6.07) is 62.5. The van der Waals surface area contributed by atoms with E-state index in [0.717, 1.165) is 39.3 Å². The minimum absolute atomic E-state index is 0.707. The van der Waals surface area contributed by atoms with Gasteiger partial charge in [0.05, 0.1) is 22.4 Å². The summed E-state index contributed by atoms with van der Waals surface area (Å²) < 4.78 is 2.36. The minimum atomic E-state index is 0.707. The zero-order valence-electron chi connectivity index (χ0n) is 26.6. The lowest BCUT2D eigenvalue weighted by molar-refractivity contribution is 1.18. The predicted molar refractivity (Wildman–Crippen MR) is 205 cm³/mol. The maximum Gasteiger partial charge on any atom is 0.160 e. The van der Waals surface area contributed by atoms with Crippen LogP contribution >= 0.6 is 0 Å². The molecule has 228 valence electrons. The van der Waals surface area contributed by atoms with Crippen LogP contribution in [-0.4, -0.2) is 14.5 Å². The summed E-state index contributed by atoms with van der Waals surface area (Å²) >= 11 is 0. The largest absolute Gasteiger partial charge is 0.309 e. The molecule has 3 heteroatoms. The molecule has 0 aliphatic rings. The molecule has 0 spiro atoms. The Labute approximate surface area is 283 Å². The first kappa shape index (κ1) is 27.5. The maximum absolute atomic E-state index is 5.36. The van der Waals surface area contributed by atoms with Crippen LogP contribution in [0.4, 0.5) is 0 Å². The Bertz CT molecular complexity index is 2870. The Morgan fingerprint density at radius 1 is 0.388 bits per heavy atom. The summed E-state index contributed by atoms with van der Waals surface area (Å²) in [6.45, 7) is 0. The number of hydrogen-bond acceptors (Lipinski definition) is 2. The van der Waals surface area contributed by atoms with E-state index in [1.54, 1.807) is 0 Å². The molecule has 0 N–H and O–H groups in total. The summed E-state index contributed by atoms with van der Waals surface area (Å²) in [4.78, 5) is 10.7. The molecule has 0 saturated heterocycles. The lowest BCUT2D eigenvalue weighted by Crippen LogP contribution is -1.98. The van der Waals surface area contributed by atoms with Crippen molar-refractivity contribution in [2.45, 2.75) is 0 Å². The van der Waals surface area contributed by atoms with Crippen molar-refractivity contribution >= 4 is 54.1 Å². The number of aromatic nitrogens is 3. The van der Waals surface area contributed by atoms with Gasteiger partial charge in [-0.1, -0.05) is 140 Å². The molecule has 0 fully saturated rings. The van der Waals surface area contributed by atoms with Gasteiger partial charge in [0.15, 0.2) is 5.82 Å². The van der Waals surface area contributed by atoms with E-state index in [2.05, 4.69) is 174 Å². The van der Waals surface area contributed by atoms with Crippen molar-refractivity contribution in [3.05, 3.63) is 176 Å². The van der Waals surface area contributed by atoms with Crippen LogP contribution in [0.1, 0.15) is 0 Å². The summed E-state index contributed by atoms with van der Waals surface area (Å²) in [6.07, 6.45) is 0. The van der Waals surface area contributed by atoms with Gasteiger partial charge in [0.25, 0.3) is 0 Å². The average molecular weight is 624 g/mol. The van der Waals surface area contributed by atoms with Crippen molar-refractivity contribution < 1.29 is 0 Å². The van der Waals surface area contributed by atoms with Crippen LogP contribution in [0.2, 0.25) is 0 Å². The van der Waals surface area contributed by atoms with Gasteiger partial charge in [-0.05, 0) is 68.7 Å². The Balaban J connectivity index is 1.32. The highest BCUT2D eigenvalue weighted by Crippen LogP contribution is 2.42. The molecule has 8 aromatic carbocycles. The van der Waals surface area contributed by atoms with E-state index in [1.165, 1.54) is 48.6 Å². The number of hydrogen-bond donors (Lipinski definition) is 0. The Kier molecular flexibility index (Phi) is 6.18. The van der Waals surface area contributed by atoms with Crippen LogP contribution in [0.3, 0.4) is 0 Å². The van der Waals surface area contributed by atoms with Gasteiger partial charge in [-0.2, -0.15) is 0 Å². The summed E-state index contributed by atoms with van der Waals surface area (Å²) in [5.74, 6) is 0.707. The van der Waals surface area contributed by atoms with Gasteiger partial charge in [0, 0.05) is 33.2 Å². The standard InChI is InChI=1S/C46H29N3/c1-3-15-31(16-4-1)46-47-40(37-23-13-25-43-45(37)38-22-11-12-24-42(38)49(43)33-18-5-2-6-19-33)29-41(48-46)44-35-21-10-8-17-32(35)28-39-34-20-9-7-14-30(34)26-27-36(39)44/h1-29H. The van der Waals surface area contributed by atoms with E-state index < -0.39 is 0 Å². The van der Waals surface area contributed by atoms with E-state index in [9.17, 15) is 0 Å². The van der Waals surface area contributed by atoms with Crippen molar-refractivity contribution in [2.24, 2.45) is 0 Å². The summed E-state index contributed by atoms with van der Waals surface area (Å²) in [7, 11) is 0. The summed E-state index contributed by atoms with van der Waals surface area (Å²) in [5, 5.41) is 9.61. The molecule has 10 rings (SSSR count). The number of benzene rings is 8. The fourth-order valence-electron chi connectivity index (χ4n) is 7.61. The normalized spacial score (nSPS) is 11.7. The SMILES string of the molecule is c1ccc(-c2nc(-c3c4ccccc4cc4c3ccc3ccccc34)cc(-c3cccc4c3c3ccccc3n4-c3ccccc3)n2)cc1. The Morgan fingerprint density at radius 3 is 1.88 bits per heavy atom. The molecule has 0 unspecified atom stereocenters. The second kappa shape index (κ2) is 11.0. The molecular weight excluding hydrogens is 595 g/mol. The monoisotopic (exact) mass is 623 g/mol. The van der Waals surface area contributed by atoms with Gasteiger partial charge in [0.1, 0.15) is 0 Å². The first-order valence-corrected chi connectivity index (χ1v) is 16.7. The van der Waals surface area contributed by atoms with Crippen LogP contribution in [0.15, 0.2) is 176 Å². The van der Waals surface area contributed by atoms with Crippen molar-refractivity contribution in [1.82, 2.24) is 14.5 Å². The second-order valence-corrected chi connectivity index (χ2v) is 12.6. The molecule has 0 amide bonds. The number of rotatable bonds is 4. The van der Waals surface area contributed by atoms with Gasteiger partial charge >= 0.3 is 0 Å². The molecule has 0 radical (unpaired) electrons. The van der Waals surface area contributed by atoms with Crippen LogP contribution in [0.25, 0.3) is 93.7 Å². The van der Waals surface area contributed by atoms with E-state index in [-0.39, 0.29) is 0 Å². The Morgan fingerprint density at radius 2 is 1.04 bits per heavy atom. The second-order valence-electron chi connectivity index (χ2n) is 12.6. The maximum atomic E-state index is 5.36. The lowest BCUT2D eigenvalue weighted by atomic mass is 9.91. The molecule has 49 heavy (non-hydrogen) atoms. The van der Waals surface area contributed by atoms with E-state index in [0.29, 0.717) is 5.82 Å². The molecule has 0 bridgehead atoms. The van der Waals surface area contributed by atoms with Crippen molar-refractivity contribution in [2.75, 3.05) is 0 Å². The highest BCUT2D eigenvalue weighted by Gasteiger charge is 2.20. The molecule has 0 aliphatic carbocycles. The number of fused-ring (bicyclic) bond motifs is 7. The lowest BCUT2D eigenvalue weighted by Gasteiger charge is -2.16. The van der Waals surface area contributed by atoms with Crippen molar-refractivity contribution in [3.8, 4) is 39.6 Å². The number of nitrogens with zero attached hydrogens (tertiary/aromatic N) is 3. The molecule has 2 heterocycles. The van der Waals surface area contributed by atoms with Crippen LogP contribution in [0.5, 0.6) is 0 Å². The van der Waals surface area contributed by atoms with E-state index >= 15 is 0 Å². The van der Waals surface area contributed by atoms with E-state index in [4.69, 9.17) is 9.97 Å². The topological polar surface area (TPSA) is 30.7 Å². The highest BCUT2D eigenvalue weighted by atomic mass is 15.0. The molecule has 10 aromatic rings. The van der Waals surface area contributed by atoms with E-state index in [1.807, 2.05) is 6.07 Å². The van der Waals surface area contributed by atoms with Gasteiger partial charge in [-0.15, -0.1) is 0 Å². The zero-order valence-corrected chi connectivity index (χ0v) is 26.6. The third-order valence-corrected chi connectivity index (χ3v) is 9.77. The quantitative estimate of drug-likeness (QED) is 0.144. The molecular formula is C46H29N3. The third-order valence-electron chi connectivity index (χ3n) is 9.77. The van der Waals surface area contributed by atoms with Crippen LogP contribution < -0.4 is 0 Å². The molecule has 3 nitrogen and oxygen atoms in total. The van der Waals surface area contributed by atoms with Crippen LogP contribution in [0, 0.1) is 0 Å². The van der Waals surface area contributed by atoms with Crippen molar-refractivity contribution in [3.63, 3.8) is 0 Å². The zero-order chi connectivity index (χ0) is 32.3. The van der Waals surface area contributed by atoms with Gasteiger partial charge in [0.2, 0.25) is 0 Å². The first-order chi connectivity index (χ1) is 24.3. The highest BCUT2D eigenvalue weighted by molar-refractivity contribution is 6.20. The molecule has 0 atom stereocenters. The smallest absolute Gasteiger partial charge is 0.160 e. The Hall–Kier alpha value is -6.58.